The maximum Gasteiger partial charge on any atom is 0.221 e. The predicted molar refractivity (Wildman–Crippen MR) is 91.3 cm³/mol. The van der Waals surface area contributed by atoms with E-state index >= 15 is 0 Å². The monoisotopic (exact) mass is 308 g/mol. The van der Waals surface area contributed by atoms with E-state index in [4.69, 9.17) is 4.74 Å². The fourth-order valence-corrected chi connectivity index (χ4v) is 3.95. The smallest absolute Gasteiger partial charge is 0.221 e. The second-order valence-corrected chi connectivity index (χ2v) is 6.44. The first-order chi connectivity index (χ1) is 11.1. The number of benzene rings is 2. The molecule has 0 fully saturated rings. The number of ether oxygens (including phenoxy) is 1. The molecule has 4 rings (SSSR count). The molecule has 2 aromatic carbocycles. The Hall–Kier alpha value is -2.49. The van der Waals surface area contributed by atoms with Crippen molar-refractivity contribution >= 4 is 17.3 Å². The lowest BCUT2D eigenvalue weighted by atomic mass is 9.94. The molecular formula is C19H20N2O2. The summed E-state index contributed by atoms with van der Waals surface area (Å²) < 4.78 is 5.43. The summed E-state index contributed by atoms with van der Waals surface area (Å²) in [6.45, 7) is 3.66. The molecule has 0 radical (unpaired) electrons. The van der Waals surface area contributed by atoms with Crippen molar-refractivity contribution in [2.45, 2.75) is 32.2 Å². The van der Waals surface area contributed by atoms with E-state index in [0.717, 1.165) is 17.9 Å². The molecule has 0 spiro atoms. The van der Waals surface area contributed by atoms with Crippen molar-refractivity contribution in [3.63, 3.8) is 0 Å². The molecule has 0 unspecified atom stereocenters. The highest BCUT2D eigenvalue weighted by Crippen LogP contribution is 2.53. The standard InChI is InChI=1S/C19H20N2O2/c1-10-6-14(23-3)9-17-16-8-12-7-13(20-11(2)22)4-5-15(12)19(16)21-18(10)17/h4-7,9,16,19,21H,8H2,1-3H3,(H,20,22)/t16-,19-/m1/s1. The van der Waals surface area contributed by atoms with E-state index in [1.54, 1.807) is 7.11 Å². The SMILES string of the molecule is COc1cc(C)c2c(c1)[C@H]1Cc3cc(NC(C)=O)ccc3[C@H]1N2. The molecule has 23 heavy (non-hydrogen) atoms. The summed E-state index contributed by atoms with van der Waals surface area (Å²) in [7, 11) is 1.71. The van der Waals surface area contributed by atoms with Gasteiger partial charge in [-0.05, 0) is 59.9 Å². The van der Waals surface area contributed by atoms with Gasteiger partial charge in [0.1, 0.15) is 5.75 Å². The Morgan fingerprint density at radius 3 is 2.83 bits per heavy atom. The van der Waals surface area contributed by atoms with Crippen LogP contribution in [0.5, 0.6) is 5.75 Å². The van der Waals surface area contributed by atoms with Crippen molar-refractivity contribution < 1.29 is 9.53 Å². The number of aryl methyl sites for hydroxylation is 1. The van der Waals surface area contributed by atoms with Crippen molar-refractivity contribution in [2.75, 3.05) is 17.7 Å². The predicted octanol–water partition coefficient (Wildman–Crippen LogP) is 3.77. The molecule has 118 valence electrons. The molecule has 1 aliphatic carbocycles. The first-order valence-electron chi connectivity index (χ1n) is 7.92. The average molecular weight is 308 g/mol. The van der Waals surface area contributed by atoms with E-state index in [1.807, 2.05) is 6.07 Å². The number of anilines is 2. The summed E-state index contributed by atoms with van der Waals surface area (Å²) >= 11 is 0. The van der Waals surface area contributed by atoms with Gasteiger partial charge in [0.05, 0.1) is 13.2 Å². The molecule has 2 aromatic rings. The third kappa shape index (κ3) is 2.17. The highest BCUT2D eigenvalue weighted by atomic mass is 16.5. The Labute approximate surface area is 135 Å². The number of methoxy groups -OCH3 is 1. The summed E-state index contributed by atoms with van der Waals surface area (Å²) in [6.07, 6.45) is 0.986. The Morgan fingerprint density at radius 2 is 2.09 bits per heavy atom. The molecular weight excluding hydrogens is 288 g/mol. The van der Waals surface area contributed by atoms with Crippen LogP contribution in [0.4, 0.5) is 11.4 Å². The van der Waals surface area contributed by atoms with E-state index in [0.29, 0.717) is 12.0 Å². The number of carbonyl (C=O) groups excluding carboxylic acids is 1. The number of carbonyl (C=O) groups is 1. The molecule has 2 atom stereocenters. The van der Waals surface area contributed by atoms with E-state index in [2.05, 4.69) is 41.8 Å². The second-order valence-electron chi connectivity index (χ2n) is 6.44. The van der Waals surface area contributed by atoms with Crippen molar-refractivity contribution in [1.82, 2.24) is 0 Å². The third-order valence-corrected chi connectivity index (χ3v) is 4.92. The number of amides is 1. The molecule has 1 amide bonds. The van der Waals surface area contributed by atoms with Crippen LogP contribution in [0, 0.1) is 6.92 Å². The molecule has 0 saturated carbocycles. The fraction of sp³-hybridized carbons (Fsp3) is 0.316. The van der Waals surface area contributed by atoms with Crippen molar-refractivity contribution in [2.24, 2.45) is 0 Å². The topological polar surface area (TPSA) is 50.4 Å². The average Bonchev–Trinajstić information content (AvgIpc) is 3.03. The Kier molecular flexibility index (Phi) is 3.08. The third-order valence-electron chi connectivity index (χ3n) is 4.92. The van der Waals surface area contributed by atoms with Gasteiger partial charge in [0.15, 0.2) is 0 Å². The largest absolute Gasteiger partial charge is 0.497 e. The minimum absolute atomic E-state index is 0.0352. The van der Waals surface area contributed by atoms with Gasteiger partial charge < -0.3 is 15.4 Å². The second kappa shape index (κ2) is 5.01. The molecule has 2 aliphatic rings. The van der Waals surface area contributed by atoms with Crippen LogP contribution in [0.25, 0.3) is 0 Å². The first kappa shape index (κ1) is 14.1. The van der Waals surface area contributed by atoms with E-state index in [1.165, 1.54) is 34.9 Å². The minimum atomic E-state index is -0.0352. The number of hydrogen-bond donors (Lipinski definition) is 2. The first-order valence-corrected chi connectivity index (χ1v) is 7.92. The van der Waals surface area contributed by atoms with Crippen LogP contribution < -0.4 is 15.4 Å². The van der Waals surface area contributed by atoms with Crippen molar-refractivity contribution in [1.29, 1.82) is 0 Å². The minimum Gasteiger partial charge on any atom is -0.497 e. The van der Waals surface area contributed by atoms with Crippen molar-refractivity contribution in [3.8, 4) is 5.75 Å². The highest BCUT2D eigenvalue weighted by Gasteiger charge is 2.40. The van der Waals surface area contributed by atoms with Crippen LogP contribution in [0.15, 0.2) is 30.3 Å². The van der Waals surface area contributed by atoms with Gasteiger partial charge in [-0.3, -0.25) is 4.79 Å². The van der Waals surface area contributed by atoms with Gasteiger partial charge in [-0.15, -0.1) is 0 Å². The molecule has 0 bridgehead atoms. The Bertz CT molecular complexity index is 813. The van der Waals surface area contributed by atoms with Crippen LogP contribution in [0.2, 0.25) is 0 Å². The maximum absolute atomic E-state index is 11.2. The Balaban J connectivity index is 1.71. The van der Waals surface area contributed by atoms with Gasteiger partial charge in [-0.25, -0.2) is 0 Å². The van der Waals surface area contributed by atoms with Gasteiger partial charge >= 0.3 is 0 Å². The molecule has 0 aromatic heterocycles. The van der Waals surface area contributed by atoms with E-state index < -0.39 is 0 Å². The normalized spacial score (nSPS) is 20.3. The van der Waals surface area contributed by atoms with Crippen LogP contribution in [-0.2, 0) is 11.2 Å². The fourth-order valence-electron chi connectivity index (χ4n) is 3.95. The zero-order valence-electron chi connectivity index (χ0n) is 13.6. The lowest BCUT2D eigenvalue weighted by Crippen LogP contribution is -2.07. The highest BCUT2D eigenvalue weighted by molar-refractivity contribution is 5.89. The lowest BCUT2D eigenvalue weighted by molar-refractivity contribution is -0.114. The zero-order valence-corrected chi connectivity index (χ0v) is 13.6. The van der Waals surface area contributed by atoms with Crippen LogP contribution in [0.1, 0.15) is 41.1 Å². The molecule has 1 aliphatic heterocycles. The molecule has 4 nitrogen and oxygen atoms in total. The molecule has 2 N–H and O–H groups in total. The van der Waals surface area contributed by atoms with Crippen LogP contribution in [-0.4, -0.2) is 13.0 Å². The molecule has 1 heterocycles. The van der Waals surface area contributed by atoms with Crippen LogP contribution in [0.3, 0.4) is 0 Å². The van der Waals surface area contributed by atoms with Gasteiger partial charge in [-0.1, -0.05) is 6.07 Å². The number of fused-ring (bicyclic) bond motifs is 5. The molecule has 0 saturated heterocycles. The van der Waals surface area contributed by atoms with Gasteiger partial charge in [0.25, 0.3) is 0 Å². The molecule has 4 heteroatoms. The van der Waals surface area contributed by atoms with Gasteiger partial charge in [-0.2, -0.15) is 0 Å². The Morgan fingerprint density at radius 1 is 1.26 bits per heavy atom. The summed E-state index contributed by atoms with van der Waals surface area (Å²) in [5.41, 5.74) is 7.33. The van der Waals surface area contributed by atoms with Crippen molar-refractivity contribution in [3.05, 3.63) is 52.6 Å². The van der Waals surface area contributed by atoms with Gasteiger partial charge in [0.2, 0.25) is 5.91 Å². The summed E-state index contributed by atoms with van der Waals surface area (Å²) in [4.78, 5) is 11.2. The summed E-state index contributed by atoms with van der Waals surface area (Å²) in [5.74, 6) is 1.31. The lowest BCUT2D eigenvalue weighted by Gasteiger charge is -2.13. The number of hydrogen-bond acceptors (Lipinski definition) is 3. The zero-order chi connectivity index (χ0) is 16.1. The summed E-state index contributed by atoms with van der Waals surface area (Å²) in [6, 6.07) is 10.8. The maximum atomic E-state index is 11.2. The van der Waals surface area contributed by atoms with Crippen LogP contribution >= 0.6 is 0 Å². The van der Waals surface area contributed by atoms with E-state index in [9.17, 15) is 4.79 Å². The quantitative estimate of drug-likeness (QED) is 0.888. The summed E-state index contributed by atoms with van der Waals surface area (Å²) in [5, 5.41) is 6.56. The number of rotatable bonds is 2. The van der Waals surface area contributed by atoms with Gasteiger partial charge in [0, 0.05) is 24.2 Å². The van der Waals surface area contributed by atoms with E-state index in [-0.39, 0.29) is 5.91 Å². The number of nitrogens with one attached hydrogen (secondary N) is 2.